The van der Waals surface area contributed by atoms with E-state index in [4.69, 9.17) is 17.4 Å². The molecule has 8 heteroatoms. The predicted octanol–water partition coefficient (Wildman–Crippen LogP) is 2.85. The molecule has 0 spiro atoms. The quantitative estimate of drug-likeness (QED) is 0.516. The summed E-state index contributed by atoms with van der Waals surface area (Å²) in [5.74, 6) is 4.19. The smallest absolute Gasteiger partial charge is 0.238 e. The molecular weight excluding hydrogens is 282 g/mol. The molecule has 0 aliphatic heterocycles. The van der Waals surface area contributed by atoms with E-state index in [1.807, 2.05) is 0 Å². The molecule has 3 N–H and O–H groups in total. The van der Waals surface area contributed by atoms with Crippen molar-refractivity contribution >= 4 is 29.3 Å². The van der Waals surface area contributed by atoms with Gasteiger partial charge in [-0.05, 0) is 18.2 Å². The number of nitrogens with two attached hydrogens (primary N) is 1. The van der Waals surface area contributed by atoms with Crippen molar-refractivity contribution in [1.82, 2.24) is 9.97 Å². The number of hydrazine groups is 1. The van der Waals surface area contributed by atoms with Crippen LogP contribution in [-0.4, -0.2) is 9.97 Å². The molecule has 0 aliphatic rings. The van der Waals surface area contributed by atoms with E-state index in [1.54, 1.807) is 0 Å². The van der Waals surface area contributed by atoms with Gasteiger partial charge in [0, 0.05) is 0 Å². The molecule has 18 heavy (non-hydrogen) atoms. The Kier molecular flexibility index (Phi) is 3.95. The molecule has 2 aromatic rings. The maximum absolute atomic E-state index is 13.5. The maximum Gasteiger partial charge on any atom is 0.238 e. The van der Waals surface area contributed by atoms with Crippen molar-refractivity contribution in [3.63, 3.8) is 0 Å². The molecule has 1 heterocycles. The topological polar surface area (TPSA) is 63.8 Å². The lowest BCUT2D eigenvalue weighted by Gasteiger charge is -2.06. The molecule has 0 aliphatic carbocycles. The standard InChI is InChI=1S/C10H7ClF2N4S/c11-6-4-15-10(17-14)16-9(6)18-8-3-5(12)1-2-7(8)13/h1-4H,14H2,(H,15,16,17). The number of halogens is 3. The van der Waals surface area contributed by atoms with Gasteiger partial charge >= 0.3 is 0 Å². The van der Waals surface area contributed by atoms with Gasteiger partial charge in [-0.25, -0.2) is 24.6 Å². The average molecular weight is 289 g/mol. The SMILES string of the molecule is NNc1ncc(Cl)c(Sc2cc(F)ccc2F)n1. The molecule has 1 aromatic heterocycles. The highest BCUT2D eigenvalue weighted by Crippen LogP contribution is 2.33. The highest BCUT2D eigenvalue weighted by Gasteiger charge is 2.11. The van der Waals surface area contributed by atoms with Crippen molar-refractivity contribution in [3.05, 3.63) is 41.1 Å². The molecule has 0 saturated carbocycles. The van der Waals surface area contributed by atoms with E-state index < -0.39 is 11.6 Å². The lowest BCUT2D eigenvalue weighted by molar-refractivity contribution is 0.577. The predicted molar refractivity (Wildman–Crippen MR) is 65.3 cm³/mol. The zero-order chi connectivity index (χ0) is 13.1. The van der Waals surface area contributed by atoms with Gasteiger partial charge in [-0.15, -0.1) is 0 Å². The van der Waals surface area contributed by atoms with Gasteiger partial charge in [0.15, 0.2) is 0 Å². The summed E-state index contributed by atoms with van der Waals surface area (Å²) in [5.41, 5.74) is 2.24. The van der Waals surface area contributed by atoms with Crippen LogP contribution in [0.1, 0.15) is 0 Å². The van der Waals surface area contributed by atoms with E-state index in [9.17, 15) is 8.78 Å². The zero-order valence-electron chi connectivity index (χ0n) is 8.82. The third kappa shape index (κ3) is 2.87. The molecule has 0 unspecified atom stereocenters. The van der Waals surface area contributed by atoms with Crippen LogP contribution in [0, 0.1) is 11.6 Å². The van der Waals surface area contributed by atoms with Crippen LogP contribution in [0.2, 0.25) is 5.02 Å². The largest absolute Gasteiger partial charge is 0.292 e. The lowest BCUT2D eigenvalue weighted by Crippen LogP contribution is -2.10. The molecule has 0 bridgehead atoms. The number of nitrogen functional groups attached to an aromatic ring is 1. The summed E-state index contributed by atoms with van der Waals surface area (Å²) in [5, 5.41) is 0.506. The molecule has 94 valence electrons. The summed E-state index contributed by atoms with van der Waals surface area (Å²) in [6.45, 7) is 0. The highest BCUT2D eigenvalue weighted by atomic mass is 35.5. The van der Waals surface area contributed by atoms with Gasteiger partial charge in [0.1, 0.15) is 16.7 Å². The average Bonchev–Trinajstić information content (AvgIpc) is 2.36. The van der Waals surface area contributed by atoms with Gasteiger partial charge in [0.2, 0.25) is 5.95 Å². The number of aromatic nitrogens is 2. The van der Waals surface area contributed by atoms with Crippen LogP contribution in [0.15, 0.2) is 34.3 Å². The Hall–Kier alpha value is -1.44. The first-order chi connectivity index (χ1) is 8.60. The molecule has 0 fully saturated rings. The highest BCUT2D eigenvalue weighted by molar-refractivity contribution is 7.99. The summed E-state index contributed by atoms with van der Waals surface area (Å²) < 4.78 is 26.5. The van der Waals surface area contributed by atoms with Gasteiger partial charge in [0.05, 0.1) is 16.1 Å². The number of hydrogen-bond donors (Lipinski definition) is 2. The van der Waals surface area contributed by atoms with Crippen LogP contribution < -0.4 is 11.3 Å². The maximum atomic E-state index is 13.5. The fourth-order valence-electron chi connectivity index (χ4n) is 1.15. The van der Waals surface area contributed by atoms with Gasteiger partial charge in [-0.1, -0.05) is 23.4 Å². The molecule has 2 rings (SSSR count). The van der Waals surface area contributed by atoms with E-state index in [0.29, 0.717) is 0 Å². The van der Waals surface area contributed by atoms with E-state index in [0.717, 1.165) is 30.0 Å². The van der Waals surface area contributed by atoms with Crippen LogP contribution in [0.25, 0.3) is 0 Å². The van der Waals surface area contributed by atoms with Crippen molar-refractivity contribution in [2.45, 2.75) is 9.92 Å². The van der Waals surface area contributed by atoms with Crippen LogP contribution in [-0.2, 0) is 0 Å². The number of anilines is 1. The van der Waals surface area contributed by atoms with E-state index in [1.165, 1.54) is 6.20 Å². The first-order valence-electron chi connectivity index (χ1n) is 4.72. The molecular formula is C10H7ClF2N4S. The van der Waals surface area contributed by atoms with Gasteiger partial charge in [-0.2, -0.15) is 0 Å². The summed E-state index contributed by atoms with van der Waals surface area (Å²) in [6, 6.07) is 3.14. The number of benzene rings is 1. The Bertz CT molecular complexity index is 582. The van der Waals surface area contributed by atoms with Crippen LogP contribution in [0.5, 0.6) is 0 Å². The lowest BCUT2D eigenvalue weighted by atomic mass is 10.3. The minimum absolute atomic E-state index is 0.0820. The van der Waals surface area contributed by atoms with Gasteiger partial charge in [0.25, 0.3) is 0 Å². The number of nitrogens with one attached hydrogen (secondary N) is 1. The second-order valence-corrected chi connectivity index (χ2v) is 4.61. The summed E-state index contributed by atoms with van der Waals surface area (Å²) in [4.78, 5) is 7.81. The molecule has 0 saturated heterocycles. The number of hydrogen-bond acceptors (Lipinski definition) is 5. The Balaban J connectivity index is 2.36. The van der Waals surface area contributed by atoms with Crippen molar-refractivity contribution in [1.29, 1.82) is 0 Å². The van der Waals surface area contributed by atoms with Crippen LogP contribution >= 0.6 is 23.4 Å². The van der Waals surface area contributed by atoms with E-state index in [2.05, 4.69) is 15.4 Å². The minimum Gasteiger partial charge on any atom is -0.292 e. The molecule has 0 radical (unpaired) electrons. The minimum atomic E-state index is -0.557. The van der Waals surface area contributed by atoms with Crippen LogP contribution in [0.4, 0.5) is 14.7 Å². The normalized spacial score (nSPS) is 10.4. The molecule has 4 nitrogen and oxygen atoms in total. The molecule has 0 atom stereocenters. The van der Waals surface area contributed by atoms with Gasteiger partial charge in [-0.3, -0.25) is 5.43 Å². The van der Waals surface area contributed by atoms with Crippen molar-refractivity contribution in [2.75, 3.05) is 5.43 Å². The third-order valence-electron chi connectivity index (χ3n) is 1.94. The summed E-state index contributed by atoms with van der Waals surface area (Å²) >= 11 is 6.76. The van der Waals surface area contributed by atoms with E-state index >= 15 is 0 Å². The fraction of sp³-hybridized carbons (Fsp3) is 0. The van der Waals surface area contributed by atoms with Crippen molar-refractivity contribution < 1.29 is 8.78 Å². The van der Waals surface area contributed by atoms with E-state index in [-0.39, 0.29) is 20.9 Å². The third-order valence-corrected chi connectivity index (χ3v) is 3.37. The summed E-state index contributed by atoms with van der Waals surface area (Å²) in [7, 11) is 0. The monoisotopic (exact) mass is 288 g/mol. The Morgan fingerprint density at radius 2 is 2.11 bits per heavy atom. The molecule has 1 aromatic carbocycles. The second kappa shape index (κ2) is 5.47. The zero-order valence-corrected chi connectivity index (χ0v) is 10.4. The Labute approximate surface area is 111 Å². The first-order valence-corrected chi connectivity index (χ1v) is 5.91. The Morgan fingerprint density at radius 1 is 1.33 bits per heavy atom. The number of nitrogens with zero attached hydrogens (tertiary/aromatic N) is 2. The van der Waals surface area contributed by atoms with Crippen LogP contribution in [0.3, 0.4) is 0 Å². The second-order valence-electron chi connectivity index (χ2n) is 3.17. The summed E-state index contributed by atoms with van der Waals surface area (Å²) in [6.07, 6.45) is 1.32. The van der Waals surface area contributed by atoms with Crippen molar-refractivity contribution in [2.24, 2.45) is 5.84 Å². The van der Waals surface area contributed by atoms with Gasteiger partial charge < -0.3 is 0 Å². The fourth-order valence-corrected chi connectivity index (χ4v) is 2.19. The number of rotatable bonds is 3. The van der Waals surface area contributed by atoms with Crippen molar-refractivity contribution in [3.8, 4) is 0 Å². The first kappa shape index (κ1) is 13.0. The molecule has 0 amide bonds. The Morgan fingerprint density at radius 3 is 2.83 bits per heavy atom.